The topological polar surface area (TPSA) is 83.3 Å². The maximum absolute atomic E-state index is 5.41. The number of nitrogens with one attached hydrogen (secondary N) is 1. The molecule has 0 saturated carbocycles. The smallest absolute Gasteiger partial charge is 0.275 e. The molecule has 0 bridgehead atoms. The molecule has 0 spiro atoms. The predicted octanol–water partition coefficient (Wildman–Crippen LogP) is 1.88. The van der Waals surface area contributed by atoms with Crippen LogP contribution in [0.2, 0.25) is 0 Å². The number of aromatic amines is 1. The van der Waals surface area contributed by atoms with E-state index in [-0.39, 0.29) is 0 Å². The second kappa shape index (κ2) is 7.27. The number of nitrogens with zero attached hydrogens (tertiary/aromatic N) is 5. The fourth-order valence-electron chi connectivity index (χ4n) is 3.00. The van der Waals surface area contributed by atoms with Crippen molar-refractivity contribution in [1.82, 2.24) is 30.1 Å². The molecular weight excluding hydrogens is 332 g/mol. The van der Waals surface area contributed by atoms with Crippen molar-refractivity contribution in [3.63, 3.8) is 0 Å². The van der Waals surface area contributed by atoms with Gasteiger partial charge in [0.1, 0.15) is 11.4 Å². The fraction of sp³-hybridized carbons (Fsp3) is 0.389. The summed E-state index contributed by atoms with van der Waals surface area (Å²) in [7, 11) is 3.79. The number of benzene rings is 1. The van der Waals surface area contributed by atoms with Crippen LogP contribution in [0.25, 0.3) is 22.8 Å². The van der Waals surface area contributed by atoms with Gasteiger partial charge < -0.3 is 14.2 Å². The van der Waals surface area contributed by atoms with E-state index in [1.807, 2.05) is 30.3 Å². The van der Waals surface area contributed by atoms with E-state index in [2.05, 4.69) is 37.2 Å². The van der Waals surface area contributed by atoms with Gasteiger partial charge in [0.15, 0.2) is 5.82 Å². The molecule has 1 aliphatic heterocycles. The molecule has 26 heavy (non-hydrogen) atoms. The summed E-state index contributed by atoms with van der Waals surface area (Å²) in [4.78, 5) is 9.16. The van der Waals surface area contributed by atoms with Crippen LogP contribution in [0.15, 0.2) is 34.9 Å². The summed E-state index contributed by atoms with van der Waals surface area (Å²) >= 11 is 0. The van der Waals surface area contributed by atoms with Gasteiger partial charge in [0.05, 0.1) is 19.3 Å². The van der Waals surface area contributed by atoms with Gasteiger partial charge >= 0.3 is 0 Å². The number of likely N-dealkylation sites (N-methyl/N-ethyl adjacent to an activating group) is 1. The molecule has 0 aliphatic carbocycles. The molecule has 4 rings (SSSR count). The van der Waals surface area contributed by atoms with E-state index in [1.54, 1.807) is 7.11 Å². The molecule has 1 saturated heterocycles. The Morgan fingerprint density at radius 1 is 1.19 bits per heavy atom. The van der Waals surface area contributed by atoms with Crippen molar-refractivity contribution < 1.29 is 9.26 Å². The Morgan fingerprint density at radius 3 is 2.85 bits per heavy atom. The van der Waals surface area contributed by atoms with Gasteiger partial charge in [-0.15, -0.1) is 0 Å². The number of piperazine rings is 1. The minimum absolute atomic E-state index is 0.454. The molecule has 3 heterocycles. The number of methoxy groups -OCH3 is 1. The Kier molecular flexibility index (Phi) is 4.68. The zero-order valence-corrected chi connectivity index (χ0v) is 15.0. The highest BCUT2D eigenvalue weighted by molar-refractivity contribution is 5.65. The van der Waals surface area contributed by atoms with E-state index in [9.17, 15) is 0 Å². The van der Waals surface area contributed by atoms with Gasteiger partial charge in [-0.3, -0.25) is 10.00 Å². The molecule has 8 nitrogen and oxygen atoms in total. The highest BCUT2D eigenvalue weighted by atomic mass is 16.5. The molecular formula is C18H22N6O2. The van der Waals surface area contributed by atoms with E-state index in [4.69, 9.17) is 9.26 Å². The molecule has 2 aromatic heterocycles. The second-order valence-corrected chi connectivity index (χ2v) is 6.49. The lowest BCUT2D eigenvalue weighted by molar-refractivity contribution is 0.144. The molecule has 136 valence electrons. The first-order valence-corrected chi connectivity index (χ1v) is 8.65. The monoisotopic (exact) mass is 354 g/mol. The summed E-state index contributed by atoms with van der Waals surface area (Å²) in [5.41, 5.74) is 2.47. The van der Waals surface area contributed by atoms with Crippen LogP contribution >= 0.6 is 0 Å². The average molecular weight is 354 g/mol. The molecule has 1 fully saturated rings. The third-order valence-electron chi connectivity index (χ3n) is 4.60. The van der Waals surface area contributed by atoms with Crippen molar-refractivity contribution in [1.29, 1.82) is 0 Å². The van der Waals surface area contributed by atoms with Crippen LogP contribution in [0, 0.1) is 0 Å². The van der Waals surface area contributed by atoms with Crippen LogP contribution in [0.4, 0.5) is 0 Å². The predicted molar refractivity (Wildman–Crippen MR) is 96.6 cm³/mol. The summed E-state index contributed by atoms with van der Waals surface area (Å²) in [5, 5.41) is 11.4. The third kappa shape index (κ3) is 3.61. The van der Waals surface area contributed by atoms with Crippen molar-refractivity contribution in [3.8, 4) is 28.6 Å². The lowest BCUT2D eigenvalue weighted by Gasteiger charge is -2.31. The number of rotatable bonds is 5. The minimum Gasteiger partial charge on any atom is -0.497 e. The SMILES string of the molecule is COc1cccc(-c2cc(-c3nc(CN4CCN(C)CC4)no3)[nH]n2)c1. The first-order chi connectivity index (χ1) is 12.7. The highest BCUT2D eigenvalue weighted by Crippen LogP contribution is 2.25. The van der Waals surface area contributed by atoms with Crippen molar-refractivity contribution in [2.75, 3.05) is 40.3 Å². The summed E-state index contributed by atoms with van der Waals surface area (Å²) in [5.74, 6) is 1.94. The largest absolute Gasteiger partial charge is 0.497 e. The number of ether oxygens (including phenoxy) is 1. The second-order valence-electron chi connectivity index (χ2n) is 6.49. The normalized spacial score (nSPS) is 16.1. The van der Waals surface area contributed by atoms with Gasteiger partial charge in [-0.05, 0) is 25.2 Å². The Hall–Kier alpha value is -2.71. The van der Waals surface area contributed by atoms with Crippen molar-refractivity contribution in [3.05, 3.63) is 36.2 Å². The van der Waals surface area contributed by atoms with E-state index in [0.717, 1.165) is 43.2 Å². The first kappa shape index (κ1) is 16.7. The van der Waals surface area contributed by atoms with Crippen LogP contribution in [0.1, 0.15) is 5.82 Å². The van der Waals surface area contributed by atoms with Crippen LogP contribution in [0.5, 0.6) is 5.75 Å². The van der Waals surface area contributed by atoms with Gasteiger partial charge in [-0.1, -0.05) is 17.3 Å². The molecule has 8 heteroatoms. The maximum Gasteiger partial charge on any atom is 0.275 e. The number of H-pyrrole nitrogens is 1. The molecule has 1 N–H and O–H groups in total. The summed E-state index contributed by atoms with van der Waals surface area (Å²) in [6.07, 6.45) is 0. The quantitative estimate of drug-likeness (QED) is 0.749. The lowest BCUT2D eigenvalue weighted by Crippen LogP contribution is -2.44. The summed E-state index contributed by atoms with van der Waals surface area (Å²) in [6, 6.07) is 9.66. The number of aromatic nitrogens is 4. The Bertz CT molecular complexity index is 866. The lowest BCUT2D eigenvalue weighted by atomic mass is 10.1. The van der Waals surface area contributed by atoms with Gasteiger partial charge in [-0.2, -0.15) is 10.1 Å². The zero-order chi connectivity index (χ0) is 17.9. The standard InChI is InChI=1S/C18H22N6O2/c1-23-6-8-24(9-7-23)12-17-19-18(26-22-17)16-11-15(20-21-16)13-4-3-5-14(10-13)25-2/h3-5,10-11H,6-9,12H2,1-2H3,(H,20,21). The summed E-state index contributed by atoms with van der Waals surface area (Å²) in [6.45, 7) is 4.87. The van der Waals surface area contributed by atoms with E-state index in [0.29, 0.717) is 24.0 Å². The van der Waals surface area contributed by atoms with Crippen molar-refractivity contribution in [2.24, 2.45) is 0 Å². The van der Waals surface area contributed by atoms with E-state index < -0.39 is 0 Å². The molecule has 0 radical (unpaired) electrons. The Balaban J connectivity index is 1.47. The molecule has 0 atom stereocenters. The number of hydrogen-bond acceptors (Lipinski definition) is 7. The third-order valence-corrected chi connectivity index (χ3v) is 4.60. The van der Waals surface area contributed by atoms with E-state index in [1.165, 1.54) is 0 Å². The first-order valence-electron chi connectivity index (χ1n) is 8.65. The Labute approximate surface area is 151 Å². The van der Waals surface area contributed by atoms with Gasteiger partial charge in [-0.25, -0.2) is 0 Å². The average Bonchev–Trinajstić information content (AvgIpc) is 3.33. The van der Waals surface area contributed by atoms with Gasteiger partial charge in [0.25, 0.3) is 5.89 Å². The van der Waals surface area contributed by atoms with Crippen LogP contribution < -0.4 is 4.74 Å². The van der Waals surface area contributed by atoms with Crippen LogP contribution in [-0.2, 0) is 6.54 Å². The molecule has 1 aromatic carbocycles. The maximum atomic E-state index is 5.41. The minimum atomic E-state index is 0.454. The zero-order valence-electron chi connectivity index (χ0n) is 15.0. The summed E-state index contributed by atoms with van der Waals surface area (Å²) < 4.78 is 10.7. The Morgan fingerprint density at radius 2 is 2.04 bits per heavy atom. The molecule has 1 aliphatic rings. The van der Waals surface area contributed by atoms with Crippen molar-refractivity contribution >= 4 is 0 Å². The van der Waals surface area contributed by atoms with Crippen molar-refractivity contribution in [2.45, 2.75) is 6.54 Å². The highest BCUT2D eigenvalue weighted by Gasteiger charge is 2.18. The van der Waals surface area contributed by atoms with Crippen LogP contribution in [-0.4, -0.2) is 70.5 Å². The van der Waals surface area contributed by atoms with Crippen LogP contribution in [0.3, 0.4) is 0 Å². The molecule has 3 aromatic rings. The molecule has 0 unspecified atom stereocenters. The van der Waals surface area contributed by atoms with Gasteiger partial charge in [0, 0.05) is 31.7 Å². The fourth-order valence-corrected chi connectivity index (χ4v) is 3.00. The van der Waals surface area contributed by atoms with E-state index >= 15 is 0 Å². The van der Waals surface area contributed by atoms with Gasteiger partial charge in [0.2, 0.25) is 0 Å². The molecule has 0 amide bonds. The number of hydrogen-bond donors (Lipinski definition) is 1.